The molecule has 1 saturated heterocycles. The summed E-state index contributed by atoms with van der Waals surface area (Å²) in [5.41, 5.74) is 2.69. The first-order valence-electron chi connectivity index (χ1n) is 7.23. The van der Waals surface area contributed by atoms with Crippen molar-refractivity contribution in [3.63, 3.8) is 0 Å². The highest BCUT2D eigenvalue weighted by atomic mass is 16.2. The molecule has 104 valence electrons. The molecule has 1 heterocycles. The topological polar surface area (TPSA) is 26.7 Å². The number of rotatable bonds is 3. The Morgan fingerprint density at radius 1 is 1.26 bits per heavy atom. The van der Waals surface area contributed by atoms with Gasteiger partial charge in [0, 0.05) is 31.7 Å². The van der Waals surface area contributed by atoms with Crippen LogP contribution in [0.5, 0.6) is 0 Å². The maximum Gasteiger partial charge on any atom is 0.376 e. The Hall–Kier alpha value is -0.835. The molecule has 2 atom stereocenters. The van der Waals surface area contributed by atoms with Crippen molar-refractivity contribution in [3.8, 4) is 0 Å². The second-order valence-corrected chi connectivity index (χ2v) is 5.80. The molecule has 0 unspecified atom stereocenters. The van der Waals surface area contributed by atoms with Crippen LogP contribution >= 0.6 is 0 Å². The maximum absolute atomic E-state index is 9.67. The third kappa shape index (κ3) is 3.38. The Morgan fingerprint density at radius 2 is 1.89 bits per heavy atom. The van der Waals surface area contributed by atoms with Gasteiger partial charge in [0.25, 0.3) is 0 Å². The molecule has 0 spiro atoms. The smallest absolute Gasteiger partial charge is 0.376 e. The van der Waals surface area contributed by atoms with Crippen molar-refractivity contribution in [2.45, 2.75) is 39.7 Å². The quantitative estimate of drug-likeness (QED) is 0.844. The van der Waals surface area contributed by atoms with Gasteiger partial charge in [-0.25, -0.2) is 0 Å². The maximum atomic E-state index is 9.67. The molecule has 0 amide bonds. The van der Waals surface area contributed by atoms with Crippen molar-refractivity contribution in [2.24, 2.45) is 0 Å². The molecule has 4 heteroatoms. The molecule has 1 aromatic carbocycles. The molecule has 1 fully saturated rings. The molecule has 2 rings (SSSR count). The standard InChI is InChI=1S/C15H25BN2O/c1-12-5-7-15(8-6-12)14(3)18-10-9-17(16(4)19)11-13(18)2/h5-8,13-14,19H,9-11H2,1-4H3/t13-,14+/m0/s1. The van der Waals surface area contributed by atoms with E-state index in [9.17, 15) is 5.02 Å². The summed E-state index contributed by atoms with van der Waals surface area (Å²) in [6.07, 6.45) is 0. The lowest BCUT2D eigenvalue weighted by molar-refractivity contribution is 0.0830. The zero-order valence-electron chi connectivity index (χ0n) is 12.5. The van der Waals surface area contributed by atoms with E-state index >= 15 is 0 Å². The van der Waals surface area contributed by atoms with Gasteiger partial charge in [0.15, 0.2) is 0 Å². The molecule has 1 aliphatic rings. The SMILES string of the molecule is CB(O)N1CCN([C@H](C)c2ccc(C)cc2)[C@@H](C)C1. The van der Waals surface area contributed by atoms with Crippen LogP contribution in [0.15, 0.2) is 24.3 Å². The number of nitrogens with zero attached hydrogens (tertiary/aromatic N) is 2. The summed E-state index contributed by atoms with van der Waals surface area (Å²) >= 11 is 0. The van der Waals surface area contributed by atoms with Crippen LogP contribution in [0.3, 0.4) is 0 Å². The van der Waals surface area contributed by atoms with Gasteiger partial charge in [-0.2, -0.15) is 0 Å². The minimum absolute atomic E-state index is 0.334. The van der Waals surface area contributed by atoms with Crippen LogP contribution in [-0.2, 0) is 0 Å². The number of hydrogen-bond acceptors (Lipinski definition) is 3. The number of piperazine rings is 1. The van der Waals surface area contributed by atoms with Gasteiger partial charge in [-0.15, -0.1) is 0 Å². The van der Waals surface area contributed by atoms with E-state index < -0.39 is 0 Å². The van der Waals surface area contributed by atoms with Gasteiger partial charge >= 0.3 is 7.05 Å². The normalized spacial score (nSPS) is 23.3. The average molecular weight is 260 g/mol. The van der Waals surface area contributed by atoms with Crippen LogP contribution in [0.25, 0.3) is 0 Å². The van der Waals surface area contributed by atoms with Crippen LogP contribution in [0.2, 0.25) is 6.82 Å². The lowest BCUT2D eigenvalue weighted by Crippen LogP contribution is -2.56. The molecular formula is C15H25BN2O. The van der Waals surface area contributed by atoms with Crippen molar-refractivity contribution < 1.29 is 5.02 Å². The van der Waals surface area contributed by atoms with E-state index in [1.165, 1.54) is 11.1 Å². The van der Waals surface area contributed by atoms with Gasteiger partial charge in [0.2, 0.25) is 0 Å². The zero-order chi connectivity index (χ0) is 14.0. The molecule has 1 N–H and O–H groups in total. The molecule has 0 aromatic heterocycles. The second kappa shape index (κ2) is 6.08. The van der Waals surface area contributed by atoms with E-state index in [1.54, 1.807) is 0 Å². The largest absolute Gasteiger partial charge is 0.437 e. The Labute approximate surface area is 117 Å². The van der Waals surface area contributed by atoms with Crippen LogP contribution < -0.4 is 0 Å². The molecular weight excluding hydrogens is 235 g/mol. The van der Waals surface area contributed by atoms with E-state index in [0.29, 0.717) is 12.1 Å². The zero-order valence-corrected chi connectivity index (χ0v) is 12.5. The predicted molar refractivity (Wildman–Crippen MR) is 81.2 cm³/mol. The fourth-order valence-electron chi connectivity index (χ4n) is 2.95. The summed E-state index contributed by atoms with van der Waals surface area (Å²) in [5, 5.41) is 9.67. The highest BCUT2D eigenvalue weighted by molar-refractivity contribution is 6.45. The fraction of sp³-hybridized carbons (Fsp3) is 0.600. The summed E-state index contributed by atoms with van der Waals surface area (Å²) < 4.78 is 0. The lowest BCUT2D eigenvalue weighted by atomic mass is 9.83. The first kappa shape index (κ1) is 14.6. The summed E-state index contributed by atoms with van der Waals surface area (Å²) in [6, 6.07) is 9.73. The van der Waals surface area contributed by atoms with E-state index in [1.807, 2.05) is 6.82 Å². The van der Waals surface area contributed by atoms with Gasteiger partial charge in [0.05, 0.1) is 0 Å². The van der Waals surface area contributed by atoms with Gasteiger partial charge in [-0.05, 0) is 33.2 Å². The van der Waals surface area contributed by atoms with Crippen molar-refractivity contribution in [1.82, 2.24) is 9.71 Å². The number of benzene rings is 1. The predicted octanol–water partition coefficient (Wildman–Crippen LogP) is 2.17. The van der Waals surface area contributed by atoms with Crippen molar-refractivity contribution in [2.75, 3.05) is 19.6 Å². The van der Waals surface area contributed by atoms with Gasteiger partial charge < -0.3 is 9.83 Å². The van der Waals surface area contributed by atoms with Crippen LogP contribution in [-0.4, -0.2) is 47.5 Å². The lowest BCUT2D eigenvalue weighted by Gasteiger charge is -2.43. The molecule has 0 saturated carbocycles. The third-order valence-corrected chi connectivity index (χ3v) is 4.30. The highest BCUT2D eigenvalue weighted by Crippen LogP contribution is 2.25. The Bertz CT molecular complexity index is 407. The first-order valence-corrected chi connectivity index (χ1v) is 7.23. The second-order valence-electron chi connectivity index (χ2n) is 5.80. The summed E-state index contributed by atoms with van der Waals surface area (Å²) in [4.78, 5) is 4.67. The summed E-state index contributed by atoms with van der Waals surface area (Å²) in [7, 11) is -0.334. The molecule has 3 nitrogen and oxygen atoms in total. The molecule has 0 aliphatic carbocycles. The van der Waals surface area contributed by atoms with E-state index in [2.05, 4.69) is 54.7 Å². The fourth-order valence-corrected chi connectivity index (χ4v) is 2.95. The average Bonchev–Trinajstić information content (AvgIpc) is 2.38. The molecule has 1 aromatic rings. The van der Waals surface area contributed by atoms with Crippen LogP contribution in [0.1, 0.15) is 31.0 Å². The van der Waals surface area contributed by atoms with E-state index in [0.717, 1.165) is 19.6 Å². The summed E-state index contributed by atoms with van der Waals surface area (Å²) in [6.45, 7) is 11.4. The van der Waals surface area contributed by atoms with Crippen LogP contribution in [0.4, 0.5) is 0 Å². The number of aryl methyl sites for hydroxylation is 1. The Kier molecular flexibility index (Phi) is 4.66. The van der Waals surface area contributed by atoms with Crippen molar-refractivity contribution in [1.29, 1.82) is 0 Å². The molecule has 0 bridgehead atoms. The van der Waals surface area contributed by atoms with Gasteiger partial charge in [-0.1, -0.05) is 29.8 Å². The van der Waals surface area contributed by atoms with Crippen LogP contribution in [0, 0.1) is 6.92 Å². The molecule has 0 radical (unpaired) electrons. The minimum Gasteiger partial charge on any atom is -0.437 e. The highest BCUT2D eigenvalue weighted by Gasteiger charge is 2.30. The first-order chi connectivity index (χ1) is 8.99. The number of hydrogen-bond donors (Lipinski definition) is 1. The summed E-state index contributed by atoms with van der Waals surface area (Å²) in [5.74, 6) is 0. The van der Waals surface area contributed by atoms with E-state index in [4.69, 9.17) is 0 Å². The molecule has 19 heavy (non-hydrogen) atoms. The Morgan fingerprint density at radius 3 is 2.42 bits per heavy atom. The van der Waals surface area contributed by atoms with Crippen molar-refractivity contribution >= 4 is 7.05 Å². The van der Waals surface area contributed by atoms with Crippen molar-refractivity contribution in [3.05, 3.63) is 35.4 Å². The van der Waals surface area contributed by atoms with E-state index in [-0.39, 0.29) is 7.05 Å². The molecule has 1 aliphatic heterocycles. The Balaban J connectivity index is 2.04. The minimum atomic E-state index is -0.334. The monoisotopic (exact) mass is 260 g/mol. The van der Waals surface area contributed by atoms with Gasteiger partial charge in [0.1, 0.15) is 0 Å². The third-order valence-electron chi connectivity index (χ3n) is 4.30. The van der Waals surface area contributed by atoms with Gasteiger partial charge in [-0.3, -0.25) is 4.90 Å².